The van der Waals surface area contributed by atoms with Gasteiger partial charge in [0, 0.05) is 20.2 Å². The Hall–Kier alpha value is -2.71. The molecule has 1 rings (SSSR count). The lowest BCUT2D eigenvalue weighted by atomic mass is 10.2. The standard InChI is InChI=1S/C9H11N5O4/c1-12(2)9(10)11-7-4-3-6(13(15)16)5-8(7)14(17)18/h3-5H,1-2H3,(H2,10,11). The normalized spacial score (nSPS) is 11.1. The quantitative estimate of drug-likeness (QED) is 0.370. The summed E-state index contributed by atoms with van der Waals surface area (Å²) >= 11 is 0. The molecule has 0 aliphatic heterocycles. The topological polar surface area (TPSA) is 128 Å². The van der Waals surface area contributed by atoms with E-state index in [4.69, 9.17) is 5.73 Å². The Kier molecular flexibility index (Phi) is 3.77. The molecular formula is C9H11N5O4. The fourth-order valence-corrected chi connectivity index (χ4v) is 1.09. The fraction of sp³-hybridized carbons (Fsp3) is 0.222. The molecule has 0 bridgehead atoms. The first-order chi connectivity index (χ1) is 8.32. The van der Waals surface area contributed by atoms with Gasteiger partial charge in [-0.15, -0.1) is 0 Å². The SMILES string of the molecule is CN(C)C(N)=Nc1ccc([N+](=O)[O-])cc1[N+](=O)[O-]. The van der Waals surface area contributed by atoms with Crippen molar-refractivity contribution in [2.75, 3.05) is 14.1 Å². The van der Waals surface area contributed by atoms with Crippen molar-refractivity contribution in [1.82, 2.24) is 4.90 Å². The second-order valence-corrected chi connectivity index (χ2v) is 3.55. The molecule has 0 unspecified atom stereocenters. The molecule has 0 saturated carbocycles. The van der Waals surface area contributed by atoms with Gasteiger partial charge >= 0.3 is 5.69 Å². The van der Waals surface area contributed by atoms with Crippen LogP contribution >= 0.6 is 0 Å². The van der Waals surface area contributed by atoms with Gasteiger partial charge in [0.25, 0.3) is 5.69 Å². The van der Waals surface area contributed by atoms with Gasteiger partial charge in [-0.1, -0.05) is 0 Å². The summed E-state index contributed by atoms with van der Waals surface area (Å²) in [6, 6.07) is 3.17. The van der Waals surface area contributed by atoms with Crippen LogP contribution in [0.2, 0.25) is 0 Å². The number of nitrogens with two attached hydrogens (primary N) is 1. The van der Waals surface area contributed by atoms with Crippen LogP contribution in [0.15, 0.2) is 23.2 Å². The van der Waals surface area contributed by atoms with Crippen LogP contribution < -0.4 is 5.73 Å². The van der Waals surface area contributed by atoms with Gasteiger partial charge in [0.1, 0.15) is 5.69 Å². The molecule has 2 N–H and O–H groups in total. The molecule has 0 aliphatic carbocycles. The maximum atomic E-state index is 10.8. The maximum absolute atomic E-state index is 10.8. The summed E-state index contributed by atoms with van der Waals surface area (Å²) in [7, 11) is 3.24. The number of aliphatic imine (C=N–C) groups is 1. The van der Waals surface area contributed by atoms with Crippen molar-refractivity contribution in [1.29, 1.82) is 0 Å². The molecule has 1 aromatic rings. The lowest BCUT2D eigenvalue weighted by molar-refractivity contribution is -0.393. The van der Waals surface area contributed by atoms with Gasteiger partial charge in [-0.05, 0) is 6.07 Å². The molecule has 0 radical (unpaired) electrons. The van der Waals surface area contributed by atoms with Crippen LogP contribution in [0.4, 0.5) is 17.1 Å². The summed E-state index contributed by atoms with van der Waals surface area (Å²) in [5.41, 5.74) is 4.67. The van der Waals surface area contributed by atoms with Gasteiger partial charge in [-0.3, -0.25) is 20.2 Å². The summed E-state index contributed by atoms with van der Waals surface area (Å²) in [5.74, 6) is 0.0620. The van der Waals surface area contributed by atoms with Gasteiger partial charge in [0.2, 0.25) is 0 Å². The Balaban J connectivity index is 3.33. The number of hydrogen-bond donors (Lipinski definition) is 1. The van der Waals surface area contributed by atoms with Crippen LogP contribution in [0, 0.1) is 20.2 Å². The summed E-state index contributed by atoms with van der Waals surface area (Å²) in [4.78, 5) is 25.2. The first-order valence-corrected chi connectivity index (χ1v) is 4.77. The smallest absolute Gasteiger partial charge is 0.301 e. The average Bonchev–Trinajstić information content (AvgIpc) is 2.28. The third-order valence-electron chi connectivity index (χ3n) is 2.06. The highest BCUT2D eigenvalue weighted by atomic mass is 16.6. The lowest BCUT2D eigenvalue weighted by Crippen LogP contribution is -2.29. The molecule has 0 atom stereocenters. The van der Waals surface area contributed by atoms with Crippen LogP contribution in [0.3, 0.4) is 0 Å². The average molecular weight is 253 g/mol. The summed E-state index contributed by atoms with van der Waals surface area (Å²) in [6.45, 7) is 0. The largest absolute Gasteiger partial charge is 0.370 e. The van der Waals surface area contributed by atoms with Gasteiger partial charge in [-0.2, -0.15) is 0 Å². The van der Waals surface area contributed by atoms with E-state index < -0.39 is 15.5 Å². The van der Waals surface area contributed by atoms with Crippen LogP contribution in [0.1, 0.15) is 0 Å². The van der Waals surface area contributed by atoms with Gasteiger partial charge in [0.05, 0.1) is 15.9 Å². The van der Waals surface area contributed by atoms with E-state index in [1.54, 1.807) is 14.1 Å². The van der Waals surface area contributed by atoms with Crippen LogP contribution in [-0.2, 0) is 0 Å². The number of benzene rings is 1. The van der Waals surface area contributed by atoms with Crippen molar-refractivity contribution in [2.24, 2.45) is 10.7 Å². The van der Waals surface area contributed by atoms with Crippen LogP contribution in [0.5, 0.6) is 0 Å². The molecule has 0 fully saturated rings. The zero-order valence-corrected chi connectivity index (χ0v) is 9.73. The number of rotatable bonds is 3. The van der Waals surface area contributed by atoms with Crippen molar-refractivity contribution in [2.45, 2.75) is 0 Å². The molecule has 1 aromatic carbocycles. The Labute approximate surface area is 102 Å². The molecule has 96 valence electrons. The molecule has 18 heavy (non-hydrogen) atoms. The number of nitro groups is 2. The highest BCUT2D eigenvalue weighted by Gasteiger charge is 2.19. The predicted molar refractivity (Wildman–Crippen MR) is 64.7 cm³/mol. The fourth-order valence-electron chi connectivity index (χ4n) is 1.09. The Bertz CT molecular complexity index is 526. The van der Waals surface area contributed by atoms with E-state index in [1.807, 2.05) is 0 Å². The van der Waals surface area contributed by atoms with Crippen molar-refractivity contribution in [3.63, 3.8) is 0 Å². The molecule has 9 heteroatoms. The first kappa shape index (κ1) is 13.4. The molecule has 0 spiro atoms. The predicted octanol–water partition coefficient (Wildman–Crippen LogP) is 1.01. The van der Waals surface area contributed by atoms with Crippen LogP contribution in [-0.4, -0.2) is 34.8 Å². The molecule has 9 nitrogen and oxygen atoms in total. The number of non-ortho nitro benzene ring substituents is 1. The highest BCUT2D eigenvalue weighted by molar-refractivity contribution is 5.82. The Morgan fingerprint density at radius 2 is 1.89 bits per heavy atom. The van der Waals surface area contributed by atoms with Crippen molar-refractivity contribution < 1.29 is 9.85 Å². The van der Waals surface area contributed by atoms with Gasteiger partial charge < -0.3 is 10.6 Å². The monoisotopic (exact) mass is 253 g/mol. The molecule has 0 amide bonds. The highest BCUT2D eigenvalue weighted by Crippen LogP contribution is 2.31. The van der Waals surface area contributed by atoms with E-state index in [9.17, 15) is 20.2 Å². The summed E-state index contributed by atoms with van der Waals surface area (Å²) in [5, 5.41) is 21.3. The second kappa shape index (κ2) is 5.08. The molecule has 0 aliphatic rings. The molecule has 0 saturated heterocycles. The van der Waals surface area contributed by atoms with E-state index in [0.29, 0.717) is 0 Å². The zero-order valence-electron chi connectivity index (χ0n) is 9.73. The van der Waals surface area contributed by atoms with E-state index in [1.165, 1.54) is 11.0 Å². The van der Waals surface area contributed by atoms with Crippen molar-refractivity contribution >= 4 is 23.0 Å². The lowest BCUT2D eigenvalue weighted by Gasteiger charge is -2.10. The summed E-state index contributed by atoms with van der Waals surface area (Å²) < 4.78 is 0. The number of guanidine groups is 1. The number of nitrogens with zero attached hydrogens (tertiary/aromatic N) is 4. The third kappa shape index (κ3) is 2.90. The van der Waals surface area contributed by atoms with Crippen molar-refractivity contribution in [3.8, 4) is 0 Å². The van der Waals surface area contributed by atoms with E-state index in [2.05, 4.69) is 4.99 Å². The molecule has 0 aromatic heterocycles. The Morgan fingerprint density at radius 1 is 1.28 bits per heavy atom. The van der Waals surface area contributed by atoms with E-state index in [0.717, 1.165) is 12.1 Å². The Morgan fingerprint density at radius 3 is 2.33 bits per heavy atom. The van der Waals surface area contributed by atoms with Gasteiger partial charge in [0.15, 0.2) is 5.96 Å². The van der Waals surface area contributed by atoms with E-state index in [-0.39, 0.29) is 17.3 Å². The molecular weight excluding hydrogens is 242 g/mol. The minimum atomic E-state index is -0.741. The van der Waals surface area contributed by atoms with Gasteiger partial charge in [-0.25, -0.2) is 4.99 Å². The maximum Gasteiger partial charge on any atom is 0.301 e. The number of hydrogen-bond acceptors (Lipinski definition) is 5. The zero-order chi connectivity index (χ0) is 13.9. The summed E-state index contributed by atoms with van der Waals surface area (Å²) in [6.07, 6.45) is 0. The third-order valence-corrected chi connectivity index (χ3v) is 2.06. The van der Waals surface area contributed by atoms with Crippen molar-refractivity contribution in [3.05, 3.63) is 38.4 Å². The minimum absolute atomic E-state index is 0.0307. The van der Waals surface area contributed by atoms with Crippen LogP contribution in [0.25, 0.3) is 0 Å². The second-order valence-electron chi connectivity index (χ2n) is 3.55. The first-order valence-electron chi connectivity index (χ1n) is 4.77. The number of nitro benzene ring substituents is 2. The minimum Gasteiger partial charge on any atom is -0.370 e. The molecule has 0 heterocycles. The van der Waals surface area contributed by atoms with E-state index >= 15 is 0 Å².